The number of para-hydroxylation sites is 2. The standard InChI is InChI=1S/C27H17Cl2N3O3/c28-18-9-14-21(22(29)15-18)26(34)31-20-10-5-16(6-11-20)25(33)30-19-12-7-17(8-13-19)27-32-23-3-1-2-4-24(23)35-27/h1-15H,(H,30,33)(H,31,34). The molecule has 0 fully saturated rings. The number of aromatic nitrogens is 1. The van der Waals surface area contributed by atoms with Gasteiger partial charge in [-0.05, 0) is 78.9 Å². The number of hydrogen-bond acceptors (Lipinski definition) is 4. The predicted octanol–water partition coefficient (Wildman–Crippen LogP) is 7.31. The quantitative estimate of drug-likeness (QED) is 0.264. The normalized spacial score (nSPS) is 10.8. The second kappa shape index (κ2) is 9.62. The summed E-state index contributed by atoms with van der Waals surface area (Å²) in [6.07, 6.45) is 0. The highest BCUT2D eigenvalue weighted by molar-refractivity contribution is 6.37. The van der Waals surface area contributed by atoms with Crippen molar-refractivity contribution >= 4 is 57.5 Å². The fourth-order valence-electron chi connectivity index (χ4n) is 3.47. The van der Waals surface area contributed by atoms with Gasteiger partial charge in [-0.15, -0.1) is 0 Å². The van der Waals surface area contributed by atoms with E-state index in [1.165, 1.54) is 6.07 Å². The highest BCUT2D eigenvalue weighted by Gasteiger charge is 2.13. The van der Waals surface area contributed by atoms with Gasteiger partial charge in [0.25, 0.3) is 11.8 Å². The first kappa shape index (κ1) is 22.7. The molecular formula is C27H17Cl2N3O3. The minimum absolute atomic E-state index is 0.258. The van der Waals surface area contributed by atoms with Crippen LogP contribution in [0, 0.1) is 0 Å². The Bertz CT molecular complexity index is 1510. The molecular weight excluding hydrogens is 485 g/mol. The van der Waals surface area contributed by atoms with Crippen LogP contribution >= 0.6 is 23.2 Å². The molecule has 1 heterocycles. The molecule has 2 N–H and O–H groups in total. The van der Waals surface area contributed by atoms with Gasteiger partial charge in [0.15, 0.2) is 5.58 Å². The number of carbonyl (C=O) groups excluding carboxylic acids is 2. The van der Waals surface area contributed by atoms with Crippen LogP contribution < -0.4 is 10.6 Å². The van der Waals surface area contributed by atoms with Crippen molar-refractivity contribution in [2.24, 2.45) is 0 Å². The van der Waals surface area contributed by atoms with Crippen molar-refractivity contribution < 1.29 is 14.0 Å². The number of carbonyl (C=O) groups is 2. The Morgan fingerprint density at radius 1 is 0.743 bits per heavy atom. The first-order valence-corrected chi connectivity index (χ1v) is 11.4. The molecule has 0 aliphatic rings. The van der Waals surface area contributed by atoms with Crippen LogP contribution in [0.25, 0.3) is 22.6 Å². The molecule has 0 aliphatic heterocycles. The number of halogens is 2. The Labute approximate surface area is 210 Å². The molecule has 8 heteroatoms. The highest BCUT2D eigenvalue weighted by atomic mass is 35.5. The Morgan fingerprint density at radius 2 is 1.40 bits per heavy atom. The van der Waals surface area contributed by atoms with Gasteiger partial charge >= 0.3 is 0 Å². The van der Waals surface area contributed by atoms with Crippen LogP contribution in [0.4, 0.5) is 11.4 Å². The van der Waals surface area contributed by atoms with E-state index in [4.69, 9.17) is 27.6 Å². The van der Waals surface area contributed by atoms with Crippen molar-refractivity contribution in [3.05, 3.63) is 112 Å². The van der Waals surface area contributed by atoms with Crippen molar-refractivity contribution in [2.75, 3.05) is 10.6 Å². The third-order valence-corrected chi connectivity index (χ3v) is 5.81. The number of anilines is 2. The van der Waals surface area contributed by atoms with Gasteiger partial charge < -0.3 is 15.1 Å². The molecule has 0 saturated heterocycles. The summed E-state index contributed by atoms with van der Waals surface area (Å²) in [5.41, 5.74) is 4.21. The molecule has 1 aromatic heterocycles. The van der Waals surface area contributed by atoms with Gasteiger partial charge in [0.05, 0.1) is 10.6 Å². The summed E-state index contributed by atoms with van der Waals surface area (Å²) in [6.45, 7) is 0. The number of benzene rings is 4. The Balaban J connectivity index is 1.23. The molecule has 0 radical (unpaired) electrons. The summed E-state index contributed by atoms with van der Waals surface area (Å²) < 4.78 is 5.78. The van der Waals surface area contributed by atoms with E-state index in [-0.39, 0.29) is 16.8 Å². The number of hydrogen-bond donors (Lipinski definition) is 2. The van der Waals surface area contributed by atoms with Crippen LogP contribution in [-0.2, 0) is 0 Å². The van der Waals surface area contributed by atoms with Crippen LogP contribution in [0.5, 0.6) is 0 Å². The first-order valence-electron chi connectivity index (χ1n) is 10.6. The molecule has 2 amide bonds. The molecule has 5 rings (SSSR count). The summed E-state index contributed by atoms with van der Waals surface area (Å²) >= 11 is 12.0. The zero-order valence-corrected chi connectivity index (χ0v) is 19.6. The number of nitrogens with one attached hydrogen (secondary N) is 2. The van der Waals surface area contributed by atoms with E-state index in [1.54, 1.807) is 48.5 Å². The van der Waals surface area contributed by atoms with Gasteiger partial charge in [-0.2, -0.15) is 0 Å². The molecule has 0 atom stereocenters. The molecule has 6 nitrogen and oxygen atoms in total. The minimum Gasteiger partial charge on any atom is -0.436 e. The van der Waals surface area contributed by atoms with Crippen molar-refractivity contribution in [3.8, 4) is 11.5 Å². The summed E-state index contributed by atoms with van der Waals surface area (Å²) in [4.78, 5) is 29.6. The third-order valence-electron chi connectivity index (χ3n) is 5.26. The van der Waals surface area contributed by atoms with E-state index in [9.17, 15) is 9.59 Å². The Morgan fingerprint density at radius 3 is 2.09 bits per heavy atom. The van der Waals surface area contributed by atoms with Crippen LogP contribution in [0.2, 0.25) is 10.0 Å². The van der Waals surface area contributed by atoms with Crippen molar-refractivity contribution in [1.29, 1.82) is 0 Å². The van der Waals surface area contributed by atoms with Gasteiger partial charge in [-0.25, -0.2) is 4.98 Å². The van der Waals surface area contributed by atoms with Gasteiger partial charge in [0.2, 0.25) is 5.89 Å². The fourth-order valence-corrected chi connectivity index (χ4v) is 3.97. The average Bonchev–Trinajstić information content (AvgIpc) is 3.29. The SMILES string of the molecule is O=C(Nc1ccc(-c2nc3ccccc3o2)cc1)c1ccc(NC(=O)c2ccc(Cl)cc2Cl)cc1. The lowest BCUT2D eigenvalue weighted by molar-refractivity contribution is 0.102. The molecule has 0 aliphatic carbocycles. The summed E-state index contributed by atoms with van der Waals surface area (Å²) in [5, 5.41) is 6.31. The monoisotopic (exact) mass is 501 g/mol. The molecule has 4 aromatic carbocycles. The zero-order valence-electron chi connectivity index (χ0n) is 18.1. The van der Waals surface area contributed by atoms with Crippen LogP contribution in [-0.4, -0.2) is 16.8 Å². The molecule has 0 bridgehead atoms. The van der Waals surface area contributed by atoms with Gasteiger partial charge in [-0.1, -0.05) is 35.3 Å². The van der Waals surface area contributed by atoms with Crippen molar-refractivity contribution in [3.63, 3.8) is 0 Å². The molecule has 5 aromatic rings. The van der Waals surface area contributed by atoms with Crippen LogP contribution in [0.15, 0.2) is 95.4 Å². The molecule has 0 saturated carbocycles. The summed E-state index contributed by atoms with van der Waals surface area (Å²) in [5.74, 6) is -0.136. The largest absolute Gasteiger partial charge is 0.436 e. The third kappa shape index (κ3) is 5.04. The molecule has 0 unspecified atom stereocenters. The lowest BCUT2D eigenvalue weighted by atomic mass is 10.1. The minimum atomic E-state index is -0.372. The number of amides is 2. The predicted molar refractivity (Wildman–Crippen MR) is 138 cm³/mol. The van der Waals surface area contributed by atoms with Gasteiger partial charge in [0.1, 0.15) is 5.52 Å². The smallest absolute Gasteiger partial charge is 0.257 e. The topological polar surface area (TPSA) is 84.2 Å². The zero-order chi connectivity index (χ0) is 24.4. The van der Waals surface area contributed by atoms with Crippen LogP contribution in [0.3, 0.4) is 0 Å². The lowest BCUT2D eigenvalue weighted by Gasteiger charge is -2.09. The number of rotatable bonds is 5. The number of oxazole rings is 1. The second-order valence-corrected chi connectivity index (χ2v) is 8.52. The maximum absolute atomic E-state index is 12.7. The summed E-state index contributed by atoms with van der Waals surface area (Å²) in [6, 6.07) is 26.0. The molecule has 0 spiro atoms. The van der Waals surface area contributed by atoms with Gasteiger partial charge in [-0.3, -0.25) is 9.59 Å². The van der Waals surface area contributed by atoms with E-state index < -0.39 is 0 Å². The van der Waals surface area contributed by atoms with Gasteiger partial charge in [0, 0.05) is 27.5 Å². The Kier molecular flexibility index (Phi) is 6.23. The first-order chi connectivity index (χ1) is 17.0. The van der Waals surface area contributed by atoms with E-state index in [2.05, 4.69) is 15.6 Å². The lowest BCUT2D eigenvalue weighted by Crippen LogP contribution is -2.14. The highest BCUT2D eigenvalue weighted by Crippen LogP contribution is 2.26. The maximum Gasteiger partial charge on any atom is 0.257 e. The van der Waals surface area contributed by atoms with E-state index >= 15 is 0 Å². The van der Waals surface area contributed by atoms with E-state index in [0.717, 1.165) is 16.7 Å². The number of nitrogens with zero attached hydrogens (tertiary/aromatic N) is 1. The molecule has 35 heavy (non-hydrogen) atoms. The van der Waals surface area contributed by atoms with Crippen molar-refractivity contribution in [1.82, 2.24) is 4.98 Å². The van der Waals surface area contributed by atoms with Crippen LogP contribution in [0.1, 0.15) is 20.7 Å². The summed E-state index contributed by atoms with van der Waals surface area (Å²) in [7, 11) is 0. The maximum atomic E-state index is 12.7. The van der Waals surface area contributed by atoms with E-state index in [1.807, 2.05) is 36.4 Å². The number of fused-ring (bicyclic) bond motifs is 1. The second-order valence-electron chi connectivity index (χ2n) is 7.67. The van der Waals surface area contributed by atoms with E-state index in [0.29, 0.717) is 33.4 Å². The molecule has 172 valence electrons. The fraction of sp³-hybridized carbons (Fsp3) is 0. The Hall–Kier alpha value is -4.13. The van der Waals surface area contributed by atoms with Crippen molar-refractivity contribution in [2.45, 2.75) is 0 Å². The average molecular weight is 502 g/mol.